The number of benzene rings is 1. The fourth-order valence-electron chi connectivity index (χ4n) is 4.73. The lowest BCUT2D eigenvalue weighted by Crippen LogP contribution is -2.40. The molecule has 2 N–H and O–H groups in total. The van der Waals surface area contributed by atoms with Crippen LogP contribution in [-0.4, -0.2) is 65.0 Å². The first kappa shape index (κ1) is 28.1. The lowest BCUT2D eigenvalue weighted by molar-refractivity contribution is -0.143. The van der Waals surface area contributed by atoms with E-state index in [1.54, 1.807) is 18.9 Å². The Kier molecular flexibility index (Phi) is 11.8. The van der Waals surface area contributed by atoms with Crippen molar-refractivity contribution in [2.45, 2.75) is 102 Å². The number of unbranched alkanes of at least 4 members (excludes halogenated alkanes) is 3. The predicted octanol–water partition coefficient (Wildman–Crippen LogP) is 4.02. The third-order valence-electron chi connectivity index (χ3n) is 6.73. The Bertz CT molecular complexity index is 765. The van der Waals surface area contributed by atoms with Crippen molar-refractivity contribution >= 4 is 11.9 Å². The predicted molar refractivity (Wildman–Crippen MR) is 132 cm³/mol. The van der Waals surface area contributed by atoms with Crippen LogP contribution in [0, 0.1) is 0 Å². The summed E-state index contributed by atoms with van der Waals surface area (Å²) in [5.41, 5.74) is 0.244. The maximum atomic E-state index is 12.5. The Labute approximate surface area is 204 Å². The SMILES string of the molecule is CCOC(=O)CCCCCCC1C(O)CC(=O)N1CCC(C)(O)CCCc1ccccc1OC. The highest BCUT2D eigenvalue weighted by Crippen LogP contribution is 2.28. The zero-order valence-corrected chi connectivity index (χ0v) is 21.1. The molecule has 0 saturated carbocycles. The van der Waals surface area contributed by atoms with Gasteiger partial charge in [-0.3, -0.25) is 9.59 Å². The zero-order valence-electron chi connectivity index (χ0n) is 21.1. The van der Waals surface area contributed by atoms with Crippen LogP contribution in [0.2, 0.25) is 0 Å². The van der Waals surface area contributed by atoms with Gasteiger partial charge in [-0.05, 0) is 64.0 Å². The maximum Gasteiger partial charge on any atom is 0.305 e. The van der Waals surface area contributed by atoms with Crippen LogP contribution >= 0.6 is 0 Å². The van der Waals surface area contributed by atoms with Crippen LogP contribution in [0.5, 0.6) is 5.75 Å². The largest absolute Gasteiger partial charge is 0.496 e. The highest BCUT2D eigenvalue weighted by Gasteiger charge is 2.38. The molecule has 1 heterocycles. The minimum absolute atomic E-state index is 0.0374. The quantitative estimate of drug-likeness (QED) is 0.276. The number of amides is 1. The van der Waals surface area contributed by atoms with Crippen molar-refractivity contribution in [3.63, 3.8) is 0 Å². The van der Waals surface area contributed by atoms with Crippen molar-refractivity contribution in [2.75, 3.05) is 20.3 Å². The monoisotopic (exact) mass is 477 g/mol. The number of aliphatic hydroxyl groups is 2. The Hall–Kier alpha value is -2.12. The van der Waals surface area contributed by atoms with Gasteiger partial charge >= 0.3 is 5.97 Å². The topological polar surface area (TPSA) is 96.3 Å². The van der Waals surface area contributed by atoms with Crippen LogP contribution in [0.1, 0.15) is 83.6 Å². The number of likely N-dealkylation sites (tertiary alicyclic amines) is 1. The summed E-state index contributed by atoms with van der Waals surface area (Å²) in [6.07, 6.45) is 7.00. The van der Waals surface area contributed by atoms with Crippen molar-refractivity contribution in [2.24, 2.45) is 0 Å². The number of aliphatic hydroxyl groups excluding tert-OH is 1. The highest BCUT2D eigenvalue weighted by molar-refractivity contribution is 5.79. The number of aryl methyl sites for hydroxylation is 1. The van der Waals surface area contributed by atoms with Gasteiger partial charge in [0.05, 0.1) is 37.9 Å². The van der Waals surface area contributed by atoms with Crippen molar-refractivity contribution in [3.05, 3.63) is 29.8 Å². The number of esters is 1. The van der Waals surface area contributed by atoms with Gasteiger partial charge < -0.3 is 24.6 Å². The van der Waals surface area contributed by atoms with E-state index in [1.165, 1.54) is 0 Å². The van der Waals surface area contributed by atoms with Crippen LogP contribution < -0.4 is 4.74 Å². The molecule has 7 nitrogen and oxygen atoms in total. The minimum atomic E-state index is -0.881. The summed E-state index contributed by atoms with van der Waals surface area (Å²) in [6, 6.07) is 7.72. The van der Waals surface area contributed by atoms with E-state index < -0.39 is 11.7 Å². The third kappa shape index (κ3) is 9.26. The molecule has 2 rings (SSSR count). The van der Waals surface area contributed by atoms with Gasteiger partial charge in [0.2, 0.25) is 5.91 Å². The second kappa shape index (κ2) is 14.3. The molecule has 0 aromatic heterocycles. The van der Waals surface area contributed by atoms with Crippen LogP contribution in [0.3, 0.4) is 0 Å². The molecule has 1 aromatic carbocycles. The summed E-state index contributed by atoms with van der Waals surface area (Å²) >= 11 is 0. The molecule has 3 atom stereocenters. The number of hydrogen-bond donors (Lipinski definition) is 2. The molecular weight excluding hydrogens is 434 g/mol. The van der Waals surface area contributed by atoms with Gasteiger partial charge in [-0.2, -0.15) is 0 Å². The first-order valence-corrected chi connectivity index (χ1v) is 12.7. The van der Waals surface area contributed by atoms with E-state index >= 15 is 0 Å². The Morgan fingerprint density at radius 3 is 2.62 bits per heavy atom. The molecule has 1 amide bonds. The van der Waals surface area contributed by atoms with E-state index in [2.05, 4.69) is 0 Å². The fourth-order valence-corrected chi connectivity index (χ4v) is 4.73. The van der Waals surface area contributed by atoms with Gasteiger partial charge in [-0.1, -0.05) is 37.5 Å². The van der Waals surface area contributed by atoms with Crippen molar-refractivity contribution in [1.82, 2.24) is 4.90 Å². The molecule has 7 heteroatoms. The van der Waals surface area contributed by atoms with E-state index in [0.717, 1.165) is 56.3 Å². The smallest absolute Gasteiger partial charge is 0.305 e. The molecular formula is C27H43NO6. The van der Waals surface area contributed by atoms with E-state index in [4.69, 9.17) is 9.47 Å². The lowest BCUT2D eigenvalue weighted by atomic mass is 9.93. The normalized spacial score (nSPS) is 19.8. The minimum Gasteiger partial charge on any atom is -0.496 e. The summed E-state index contributed by atoms with van der Waals surface area (Å²) in [4.78, 5) is 25.6. The van der Waals surface area contributed by atoms with E-state index in [1.807, 2.05) is 31.2 Å². The van der Waals surface area contributed by atoms with Gasteiger partial charge in [-0.15, -0.1) is 0 Å². The average molecular weight is 478 g/mol. The molecule has 0 bridgehead atoms. The van der Waals surface area contributed by atoms with Gasteiger partial charge in [0.25, 0.3) is 0 Å². The molecule has 1 aliphatic rings. The number of methoxy groups -OCH3 is 1. The van der Waals surface area contributed by atoms with Gasteiger partial charge in [0.15, 0.2) is 0 Å². The number of nitrogens with zero attached hydrogens (tertiary/aromatic N) is 1. The number of carbonyl (C=O) groups excluding carboxylic acids is 2. The van der Waals surface area contributed by atoms with Crippen LogP contribution in [-0.2, 0) is 20.7 Å². The summed E-state index contributed by atoms with van der Waals surface area (Å²) in [7, 11) is 1.66. The third-order valence-corrected chi connectivity index (χ3v) is 6.73. The lowest BCUT2D eigenvalue weighted by Gasteiger charge is -2.31. The van der Waals surface area contributed by atoms with Gasteiger partial charge in [0, 0.05) is 13.0 Å². The summed E-state index contributed by atoms with van der Waals surface area (Å²) < 4.78 is 10.3. The molecule has 1 aromatic rings. The molecule has 0 radical (unpaired) electrons. The van der Waals surface area contributed by atoms with Crippen molar-refractivity contribution in [3.8, 4) is 5.75 Å². The number of ether oxygens (including phenoxy) is 2. The molecule has 1 aliphatic heterocycles. The van der Waals surface area contributed by atoms with E-state index in [0.29, 0.717) is 32.4 Å². The van der Waals surface area contributed by atoms with Crippen molar-refractivity contribution in [1.29, 1.82) is 0 Å². The number of para-hydroxylation sites is 1. The fraction of sp³-hybridized carbons (Fsp3) is 0.704. The number of rotatable bonds is 16. The van der Waals surface area contributed by atoms with E-state index in [9.17, 15) is 19.8 Å². The van der Waals surface area contributed by atoms with Gasteiger partial charge in [-0.25, -0.2) is 0 Å². The van der Waals surface area contributed by atoms with Crippen LogP contribution in [0.4, 0.5) is 0 Å². The van der Waals surface area contributed by atoms with Crippen molar-refractivity contribution < 1.29 is 29.3 Å². The molecule has 3 unspecified atom stereocenters. The maximum absolute atomic E-state index is 12.5. The molecule has 34 heavy (non-hydrogen) atoms. The number of hydrogen-bond acceptors (Lipinski definition) is 6. The molecule has 0 spiro atoms. The molecule has 0 aliphatic carbocycles. The molecule has 1 fully saturated rings. The van der Waals surface area contributed by atoms with E-state index in [-0.39, 0.29) is 24.3 Å². The Morgan fingerprint density at radius 1 is 1.15 bits per heavy atom. The second-order valence-electron chi connectivity index (χ2n) is 9.60. The Balaban J connectivity index is 1.73. The summed E-state index contributed by atoms with van der Waals surface area (Å²) in [6.45, 7) is 4.49. The number of carbonyl (C=O) groups is 2. The summed E-state index contributed by atoms with van der Waals surface area (Å²) in [5.74, 6) is 0.674. The molecule has 1 saturated heterocycles. The summed E-state index contributed by atoms with van der Waals surface area (Å²) in [5, 5.41) is 21.3. The zero-order chi connectivity index (χ0) is 25.0. The first-order valence-electron chi connectivity index (χ1n) is 12.7. The van der Waals surface area contributed by atoms with Gasteiger partial charge in [0.1, 0.15) is 5.75 Å². The van der Waals surface area contributed by atoms with Crippen LogP contribution in [0.15, 0.2) is 24.3 Å². The van der Waals surface area contributed by atoms with Crippen LogP contribution in [0.25, 0.3) is 0 Å². The highest BCUT2D eigenvalue weighted by atomic mass is 16.5. The standard InChI is InChI=1S/C27H43NO6/c1-4-34-26(31)16-8-6-5-7-14-22-23(29)20-25(30)28(22)19-18-27(2,32)17-11-13-21-12-9-10-15-24(21)33-3/h9-10,12,15,22-23,29,32H,4-8,11,13-14,16-20H2,1-3H3. The first-order chi connectivity index (χ1) is 16.3. The molecule has 192 valence electrons. The Morgan fingerprint density at radius 2 is 1.88 bits per heavy atom. The second-order valence-corrected chi connectivity index (χ2v) is 9.60. The average Bonchev–Trinajstić information content (AvgIpc) is 3.07.